The molecule has 0 bridgehead atoms. The van der Waals surface area contributed by atoms with Crippen molar-refractivity contribution in [1.29, 1.82) is 0 Å². The molecule has 9 aromatic carbocycles. The zero-order valence-electron chi connectivity index (χ0n) is 16.1. The van der Waals surface area contributed by atoms with Crippen LogP contribution in [0.15, 0.2) is 84.9 Å². The standard InChI is InChI=1S/C30H14/c1-2-6-16-15(5-1)23-13-25-20-10-12-22-29-21(30(22)28(20)26(25)14-24(16)23)11-9-19-17-7-3-4-8-18(17)27(19)29/h1-14H. The van der Waals surface area contributed by atoms with Gasteiger partial charge in [0.25, 0.3) is 0 Å². The van der Waals surface area contributed by atoms with Crippen LogP contribution in [0.5, 0.6) is 0 Å². The van der Waals surface area contributed by atoms with Crippen molar-refractivity contribution in [3.05, 3.63) is 84.9 Å². The Morgan fingerprint density at radius 3 is 1.20 bits per heavy atom. The van der Waals surface area contributed by atoms with Crippen molar-refractivity contribution in [1.82, 2.24) is 0 Å². The van der Waals surface area contributed by atoms with Crippen LogP contribution in [0.3, 0.4) is 0 Å². The van der Waals surface area contributed by atoms with Crippen molar-refractivity contribution in [3.8, 4) is 0 Å². The molecule has 0 saturated carbocycles. The topological polar surface area (TPSA) is 0 Å². The third kappa shape index (κ3) is 1.28. The molecule has 0 aliphatic heterocycles. The van der Waals surface area contributed by atoms with Crippen LogP contribution in [-0.4, -0.2) is 0 Å². The first-order chi connectivity index (χ1) is 14.9. The molecule has 134 valence electrons. The van der Waals surface area contributed by atoms with Gasteiger partial charge in [-0.05, 0) is 98.3 Å². The quantitative estimate of drug-likeness (QED) is 0.249. The third-order valence-electron chi connectivity index (χ3n) is 7.66. The lowest BCUT2D eigenvalue weighted by Gasteiger charge is -2.24. The summed E-state index contributed by atoms with van der Waals surface area (Å²) in [7, 11) is 0. The summed E-state index contributed by atoms with van der Waals surface area (Å²) in [5, 5.41) is 22.9. The van der Waals surface area contributed by atoms with Crippen molar-refractivity contribution in [2.24, 2.45) is 0 Å². The smallest absolute Gasteiger partial charge is 0.00134 e. The Hall–Kier alpha value is -3.90. The van der Waals surface area contributed by atoms with E-state index in [1.807, 2.05) is 0 Å². The Balaban J connectivity index is 1.44. The van der Waals surface area contributed by atoms with E-state index in [0.29, 0.717) is 0 Å². The number of benzene rings is 5. The summed E-state index contributed by atoms with van der Waals surface area (Å²) in [4.78, 5) is 0. The van der Waals surface area contributed by atoms with Crippen LogP contribution in [0.2, 0.25) is 0 Å². The van der Waals surface area contributed by atoms with E-state index in [2.05, 4.69) is 84.9 Å². The van der Waals surface area contributed by atoms with E-state index in [0.717, 1.165) is 0 Å². The normalized spacial score (nSPS) is 13.3. The molecule has 0 aromatic heterocycles. The predicted molar refractivity (Wildman–Crippen MR) is 131 cm³/mol. The maximum absolute atomic E-state index is 2.43. The molecule has 0 nitrogen and oxygen atoms in total. The van der Waals surface area contributed by atoms with Crippen LogP contribution in [0.4, 0.5) is 0 Å². The molecule has 9 aromatic rings. The van der Waals surface area contributed by atoms with E-state index in [9.17, 15) is 0 Å². The van der Waals surface area contributed by atoms with Crippen LogP contribution < -0.4 is 0 Å². The zero-order valence-corrected chi connectivity index (χ0v) is 16.1. The lowest BCUT2D eigenvalue weighted by Crippen LogP contribution is -1.95. The molecular formula is C30H14. The summed E-state index contributed by atoms with van der Waals surface area (Å²) in [6.45, 7) is 0. The van der Waals surface area contributed by atoms with E-state index in [4.69, 9.17) is 0 Å². The fraction of sp³-hybridized carbons (Fsp3) is 0. The van der Waals surface area contributed by atoms with Crippen LogP contribution in [0, 0.1) is 0 Å². The second-order valence-corrected chi connectivity index (χ2v) is 8.86. The molecule has 0 unspecified atom stereocenters. The highest BCUT2D eigenvalue weighted by molar-refractivity contribution is 6.50. The molecule has 9 rings (SSSR count). The fourth-order valence-corrected chi connectivity index (χ4v) is 6.30. The maximum Gasteiger partial charge on any atom is -0.00134 e. The van der Waals surface area contributed by atoms with Crippen molar-refractivity contribution >= 4 is 86.2 Å². The monoisotopic (exact) mass is 374 g/mol. The molecular weight excluding hydrogens is 360 g/mol. The molecule has 0 aliphatic rings. The van der Waals surface area contributed by atoms with Crippen molar-refractivity contribution in [2.45, 2.75) is 0 Å². The van der Waals surface area contributed by atoms with Crippen LogP contribution in [0.1, 0.15) is 0 Å². The summed E-state index contributed by atoms with van der Waals surface area (Å²) in [6.07, 6.45) is 0. The van der Waals surface area contributed by atoms with Gasteiger partial charge >= 0.3 is 0 Å². The highest BCUT2D eigenvalue weighted by atomic mass is 14.3. The third-order valence-corrected chi connectivity index (χ3v) is 7.66. The van der Waals surface area contributed by atoms with Crippen molar-refractivity contribution < 1.29 is 0 Å². The van der Waals surface area contributed by atoms with Crippen LogP contribution in [0.25, 0.3) is 86.2 Å². The lowest BCUT2D eigenvalue weighted by atomic mass is 9.78. The van der Waals surface area contributed by atoms with E-state index >= 15 is 0 Å². The first kappa shape index (κ1) is 14.1. The molecule has 0 atom stereocenters. The highest BCUT2D eigenvalue weighted by Gasteiger charge is 2.24. The van der Waals surface area contributed by atoms with E-state index in [1.165, 1.54) is 86.2 Å². The Kier molecular flexibility index (Phi) is 2.04. The Morgan fingerprint density at radius 2 is 0.567 bits per heavy atom. The summed E-state index contributed by atoms with van der Waals surface area (Å²) in [5.74, 6) is 0. The highest BCUT2D eigenvalue weighted by Crippen LogP contribution is 2.52. The van der Waals surface area contributed by atoms with Crippen LogP contribution >= 0.6 is 0 Å². The van der Waals surface area contributed by atoms with Gasteiger partial charge in [0.2, 0.25) is 0 Å². The van der Waals surface area contributed by atoms with Gasteiger partial charge in [-0.3, -0.25) is 0 Å². The average Bonchev–Trinajstić information content (AvgIpc) is 2.76. The molecule has 0 heterocycles. The number of hydrogen-bond acceptors (Lipinski definition) is 0. The maximum atomic E-state index is 2.43. The first-order valence-corrected chi connectivity index (χ1v) is 10.6. The van der Waals surface area contributed by atoms with E-state index < -0.39 is 0 Å². The molecule has 30 heavy (non-hydrogen) atoms. The predicted octanol–water partition coefficient (Wildman–Crippen LogP) is 8.66. The molecule has 0 spiro atoms. The SMILES string of the molecule is c1ccc2c(c1)c1cc3c4ccc5c6c(ccc7c8ccccc8c76)c5c4c3cc21. The second-order valence-electron chi connectivity index (χ2n) is 8.86. The molecule has 0 heteroatoms. The Bertz CT molecular complexity index is 2040. The summed E-state index contributed by atoms with van der Waals surface area (Å²) >= 11 is 0. The van der Waals surface area contributed by atoms with Gasteiger partial charge in [-0.15, -0.1) is 0 Å². The Labute approximate surface area is 171 Å². The van der Waals surface area contributed by atoms with Crippen molar-refractivity contribution in [3.63, 3.8) is 0 Å². The van der Waals surface area contributed by atoms with Gasteiger partial charge in [0.15, 0.2) is 0 Å². The van der Waals surface area contributed by atoms with Gasteiger partial charge in [-0.25, -0.2) is 0 Å². The zero-order chi connectivity index (χ0) is 19.1. The lowest BCUT2D eigenvalue weighted by molar-refractivity contribution is 1.80. The average molecular weight is 374 g/mol. The molecule has 0 aliphatic carbocycles. The van der Waals surface area contributed by atoms with E-state index in [-0.39, 0.29) is 0 Å². The first-order valence-electron chi connectivity index (χ1n) is 10.6. The van der Waals surface area contributed by atoms with Gasteiger partial charge in [0.05, 0.1) is 0 Å². The minimum atomic E-state index is 1.40. The molecule has 0 radical (unpaired) electrons. The minimum absolute atomic E-state index is 1.40. The fourth-order valence-electron chi connectivity index (χ4n) is 6.30. The Morgan fingerprint density at radius 1 is 0.233 bits per heavy atom. The number of rotatable bonds is 0. The van der Waals surface area contributed by atoms with Gasteiger partial charge in [-0.1, -0.05) is 72.8 Å². The minimum Gasteiger partial charge on any atom is -0.0616 e. The number of fused-ring (bicyclic) bond motifs is 18. The second kappa shape index (κ2) is 4.32. The van der Waals surface area contributed by atoms with Gasteiger partial charge in [0.1, 0.15) is 0 Å². The van der Waals surface area contributed by atoms with Gasteiger partial charge in [0, 0.05) is 0 Å². The molecule has 0 saturated heterocycles. The van der Waals surface area contributed by atoms with Crippen molar-refractivity contribution in [2.75, 3.05) is 0 Å². The molecule has 0 amide bonds. The van der Waals surface area contributed by atoms with Gasteiger partial charge < -0.3 is 0 Å². The van der Waals surface area contributed by atoms with Gasteiger partial charge in [-0.2, -0.15) is 0 Å². The summed E-state index contributed by atoms with van der Waals surface area (Å²) in [5.41, 5.74) is 0. The van der Waals surface area contributed by atoms with E-state index in [1.54, 1.807) is 0 Å². The summed E-state index contributed by atoms with van der Waals surface area (Å²) in [6, 6.07) is 31.8. The molecule has 0 fully saturated rings. The molecule has 0 N–H and O–H groups in total. The summed E-state index contributed by atoms with van der Waals surface area (Å²) < 4.78 is 0. The largest absolute Gasteiger partial charge is 0.0616 e. The van der Waals surface area contributed by atoms with Crippen LogP contribution in [-0.2, 0) is 0 Å². The number of hydrogen-bond donors (Lipinski definition) is 0.